The van der Waals surface area contributed by atoms with Crippen molar-refractivity contribution in [2.24, 2.45) is 0 Å². The van der Waals surface area contributed by atoms with E-state index in [0.717, 1.165) is 19.5 Å². The first-order valence-electron chi connectivity index (χ1n) is 5.42. The Hall–Kier alpha value is -1.34. The first kappa shape index (κ1) is 12.1. The van der Waals surface area contributed by atoms with Gasteiger partial charge in [-0.3, -0.25) is 0 Å². The summed E-state index contributed by atoms with van der Waals surface area (Å²) >= 11 is 3.13. The highest BCUT2D eigenvalue weighted by Crippen LogP contribution is 2.30. The number of rotatable bonds is 1. The number of benzene rings is 1. The van der Waals surface area contributed by atoms with Crippen molar-refractivity contribution in [3.8, 4) is 6.07 Å². The highest BCUT2D eigenvalue weighted by atomic mass is 79.9. The third-order valence-corrected chi connectivity index (χ3v) is 3.73. The van der Waals surface area contributed by atoms with Gasteiger partial charge in [-0.2, -0.15) is 5.26 Å². The molecule has 1 heterocycles. The highest BCUT2D eigenvalue weighted by Gasteiger charge is 2.17. The molecule has 1 aromatic carbocycles. The van der Waals surface area contributed by atoms with E-state index in [-0.39, 0.29) is 10.3 Å². The van der Waals surface area contributed by atoms with Gasteiger partial charge >= 0.3 is 0 Å². The molecule has 1 aliphatic heterocycles. The summed E-state index contributed by atoms with van der Waals surface area (Å²) in [5, 5.41) is 8.81. The van der Waals surface area contributed by atoms with Crippen LogP contribution in [0.15, 0.2) is 28.3 Å². The number of anilines is 1. The van der Waals surface area contributed by atoms with Gasteiger partial charge in [0.25, 0.3) is 0 Å². The largest absolute Gasteiger partial charge is 0.365 e. The van der Waals surface area contributed by atoms with E-state index in [0.29, 0.717) is 11.3 Å². The average molecular weight is 295 g/mol. The summed E-state index contributed by atoms with van der Waals surface area (Å²) in [5.41, 5.74) is 2.23. The molecule has 1 aliphatic rings. The van der Waals surface area contributed by atoms with Crippen LogP contribution in [-0.2, 0) is 0 Å². The van der Waals surface area contributed by atoms with Crippen LogP contribution in [0.5, 0.6) is 0 Å². The Morgan fingerprint density at radius 2 is 2.24 bits per heavy atom. The first-order chi connectivity index (χ1) is 8.13. The number of nitrogens with zero attached hydrogens (tertiary/aromatic N) is 2. The van der Waals surface area contributed by atoms with Crippen LogP contribution in [0.1, 0.15) is 18.9 Å². The van der Waals surface area contributed by atoms with Gasteiger partial charge < -0.3 is 4.90 Å². The summed E-state index contributed by atoms with van der Waals surface area (Å²) in [5.74, 6) is -0.350. The van der Waals surface area contributed by atoms with Gasteiger partial charge in [-0.25, -0.2) is 4.39 Å². The third-order valence-electron chi connectivity index (χ3n) is 2.96. The second-order valence-electron chi connectivity index (χ2n) is 4.12. The van der Waals surface area contributed by atoms with Crippen LogP contribution < -0.4 is 4.90 Å². The minimum atomic E-state index is -0.350. The Balaban J connectivity index is 2.35. The fraction of sp³-hybridized carbons (Fsp3) is 0.308. The Bertz CT molecular complexity index is 517. The van der Waals surface area contributed by atoms with Gasteiger partial charge in [0, 0.05) is 13.1 Å². The maximum absolute atomic E-state index is 14.1. The van der Waals surface area contributed by atoms with Crippen LogP contribution in [0.4, 0.5) is 10.1 Å². The van der Waals surface area contributed by atoms with Crippen molar-refractivity contribution in [3.05, 3.63) is 39.6 Å². The zero-order chi connectivity index (χ0) is 12.4. The predicted octanol–water partition coefficient (Wildman–Crippen LogP) is 3.62. The topological polar surface area (TPSA) is 27.0 Å². The minimum Gasteiger partial charge on any atom is -0.365 e. The highest BCUT2D eigenvalue weighted by molar-refractivity contribution is 9.10. The molecule has 0 fully saturated rings. The summed E-state index contributed by atoms with van der Waals surface area (Å²) in [6.45, 7) is 3.63. The SMILES string of the molecule is CC1=CCN(c2ccc(C#N)c(Br)c2F)CC1. The van der Waals surface area contributed by atoms with E-state index < -0.39 is 0 Å². The van der Waals surface area contributed by atoms with E-state index in [1.165, 1.54) is 5.57 Å². The van der Waals surface area contributed by atoms with Crippen LogP contribution in [0.2, 0.25) is 0 Å². The first-order valence-corrected chi connectivity index (χ1v) is 6.21. The molecule has 0 spiro atoms. The number of nitriles is 1. The van der Waals surface area contributed by atoms with E-state index in [4.69, 9.17) is 5.26 Å². The minimum absolute atomic E-state index is 0.253. The quantitative estimate of drug-likeness (QED) is 0.740. The summed E-state index contributed by atoms with van der Waals surface area (Å²) in [4.78, 5) is 1.98. The van der Waals surface area contributed by atoms with Crippen LogP contribution in [0.3, 0.4) is 0 Å². The lowest BCUT2D eigenvalue weighted by molar-refractivity contribution is 0.610. The standard InChI is InChI=1S/C13H12BrFN2/c1-9-4-6-17(7-5-9)11-3-2-10(8-16)12(14)13(11)15/h2-4H,5-7H2,1H3. The van der Waals surface area contributed by atoms with Crippen LogP contribution >= 0.6 is 15.9 Å². The van der Waals surface area contributed by atoms with Gasteiger partial charge in [0.2, 0.25) is 0 Å². The van der Waals surface area contributed by atoms with Crippen molar-refractivity contribution in [3.63, 3.8) is 0 Å². The van der Waals surface area contributed by atoms with Crippen molar-refractivity contribution in [1.29, 1.82) is 5.26 Å². The van der Waals surface area contributed by atoms with Crippen molar-refractivity contribution in [1.82, 2.24) is 0 Å². The molecule has 0 atom stereocenters. The summed E-state index contributed by atoms with van der Waals surface area (Å²) in [6, 6.07) is 5.28. The van der Waals surface area contributed by atoms with Gasteiger partial charge in [0.1, 0.15) is 6.07 Å². The summed E-state index contributed by atoms with van der Waals surface area (Å²) < 4.78 is 14.3. The molecule has 1 aromatic rings. The zero-order valence-corrected chi connectivity index (χ0v) is 11.1. The fourth-order valence-electron chi connectivity index (χ4n) is 1.86. The Kier molecular flexibility index (Phi) is 3.49. The van der Waals surface area contributed by atoms with E-state index in [9.17, 15) is 4.39 Å². The molecule has 0 saturated heterocycles. The van der Waals surface area contributed by atoms with Crippen LogP contribution in [-0.4, -0.2) is 13.1 Å². The van der Waals surface area contributed by atoms with Crippen molar-refractivity contribution >= 4 is 21.6 Å². The Morgan fingerprint density at radius 1 is 1.47 bits per heavy atom. The molecule has 0 amide bonds. The number of hydrogen-bond donors (Lipinski definition) is 0. The smallest absolute Gasteiger partial charge is 0.161 e. The van der Waals surface area contributed by atoms with Crippen molar-refractivity contribution < 1.29 is 4.39 Å². The van der Waals surface area contributed by atoms with E-state index in [2.05, 4.69) is 28.9 Å². The van der Waals surface area contributed by atoms with E-state index >= 15 is 0 Å². The molecule has 2 nitrogen and oxygen atoms in total. The Labute approximate surface area is 108 Å². The van der Waals surface area contributed by atoms with Gasteiger partial charge in [-0.05, 0) is 41.4 Å². The van der Waals surface area contributed by atoms with Gasteiger partial charge in [-0.1, -0.05) is 11.6 Å². The normalized spacial score (nSPS) is 15.4. The molecule has 0 radical (unpaired) electrons. The maximum Gasteiger partial charge on any atom is 0.161 e. The molecule has 0 unspecified atom stereocenters. The summed E-state index contributed by atoms with van der Waals surface area (Å²) in [6.07, 6.45) is 3.06. The molecule has 2 rings (SSSR count). The second kappa shape index (κ2) is 4.89. The van der Waals surface area contributed by atoms with Gasteiger partial charge in [-0.15, -0.1) is 0 Å². The molecular formula is C13H12BrFN2. The fourth-order valence-corrected chi connectivity index (χ4v) is 2.28. The molecule has 17 heavy (non-hydrogen) atoms. The molecule has 0 aliphatic carbocycles. The second-order valence-corrected chi connectivity index (χ2v) is 4.91. The Morgan fingerprint density at radius 3 is 2.82 bits per heavy atom. The van der Waals surface area contributed by atoms with Gasteiger partial charge in [0.15, 0.2) is 5.82 Å². The van der Waals surface area contributed by atoms with Crippen molar-refractivity contribution in [2.45, 2.75) is 13.3 Å². The predicted molar refractivity (Wildman–Crippen MR) is 69.4 cm³/mol. The monoisotopic (exact) mass is 294 g/mol. The lowest BCUT2D eigenvalue weighted by Crippen LogP contribution is -2.29. The molecule has 4 heteroatoms. The van der Waals surface area contributed by atoms with Crippen LogP contribution in [0, 0.1) is 17.1 Å². The molecule has 0 bridgehead atoms. The third kappa shape index (κ3) is 2.34. The molecule has 0 N–H and O–H groups in total. The zero-order valence-electron chi connectivity index (χ0n) is 9.50. The molecular weight excluding hydrogens is 283 g/mol. The van der Waals surface area contributed by atoms with Crippen molar-refractivity contribution in [2.75, 3.05) is 18.0 Å². The van der Waals surface area contributed by atoms with E-state index in [1.54, 1.807) is 12.1 Å². The molecule has 88 valence electrons. The lowest BCUT2D eigenvalue weighted by atomic mass is 10.1. The van der Waals surface area contributed by atoms with Crippen LogP contribution in [0.25, 0.3) is 0 Å². The number of halogens is 2. The number of hydrogen-bond acceptors (Lipinski definition) is 2. The van der Waals surface area contributed by atoms with E-state index in [1.807, 2.05) is 11.0 Å². The summed E-state index contributed by atoms with van der Waals surface area (Å²) in [7, 11) is 0. The molecule has 0 saturated carbocycles. The molecule has 0 aromatic heterocycles. The maximum atomic E-state index is 14.1. The van der Waals surface area contributed by atoms with Gasteiger partial charge in [0.05, 0.1) is 15.7 Å². The average Bonchev–Trinajstić information content (AvgIpc) is 2.34. The lowest BCUT2D eigenvalue weighted by Gasteiger charge is -2.28.